The van der Waals surface area contributed by atoms with Crippen LogP contribution in [-0.4, -0.2) is 16.3 Å². The van der Waals surface area contributed by atoms with Gasteiger partial charge in [-0.05, 0) is 28.8 Å². The highest BCUT2D eigenvalue weighted by atomic mass is 16.3. The number of rotatable bonds is 4. The second-order valence-corrected chi connectivity index (χ2v) is 4.41. The molecule has 0 radical (unpaired) electrons. The van der Waals surface area contributed by atoms with Gasteiger partial charge in [0.1, 0.15) is 6.10 Å². The summed E-state index contributed by atoms with van der Waals surface area (Å²) in [5.74, 6) is 0. The van der Waals surface area contributed by atoms with Crippen LogP contribution in [-0.2, 0) is 0 Å². The van der Waals surface area contributed by atoms with Gasteiger partial charge in [-0.25, -0.2) is 0 Å². The molecule has 2 heteroatoms. The Morgan fingerprint density at radius 2 is 1.71 bits per heavy atom. The summed E-state index contributed by atoms with van der Waals surface area (Å²) >= 11 is 0. The molecule has 0 fully saturated rings. The summed E-state index contributed by atoms with van der Waals surface area (Å²) in [6.45, 7) is 2.00. The van der Waals surface area contributed by atoms with Crippen molar-refractivity contribution in [1.29, 1.82) is 0 Å². The van der Waals surface area contributed by atoms with Gasteiger partial charge < -0.3 is 10.2 Å². The highest BCUT2D eigenvalue weighted by Crippen LogP contribution is 2.24. The Hall–Kier alpha value is -1.38. The molecule has 0 aliphatic carbocycles. The van der Waals surface area contributed by atoms with Crippen LogP contribution in [0.4, 0.5) is 0 Å². The lowest BCUT2D eigenvalue weighted by Gasteiger charge is -2.17. The second kappa shape index (κ2) is 5.30. The number of aliphatic hydroxyl groups excluding tert-OH is 2. The minimum Gasteiger partial charge on any atom is -0.390 e. The van der Waals surface area contributed by atoms with E-state index < -0.39 is 12.2 Å². The Balaban J connectivity index is 2.29. The Kier molecular flexibility index (Phi) is 3.77. The van der Waals surface area contributed by atoms with Gasteiger partial charge in [0, 0.05) is 0 Å². The molecular formula is C15H18O2. The zero-order valence-electron chi connectivity index (χ0n) is 10.0. The van der Waals surface area contributed by atoms with Gasteiger partial charge >= 0.3 is 0 Å². The topological polar surface area (TPSA) is 40.5 Å². The van der Waals surface area contributed by atoms with Gasteiger partial charge in [-0.2, -0.15) is 0 Å². The number of hydrogen-bond acceptors (Lipinski definition) is 2. The van der Waals surface area contributed by atoms with E-state index in [-0.39, 0.29) is 0 Å². The third-order valence-corrected chi connectivity index (χ3v) is 3.06. The molecule has 0 aliphatic heterocycles. The van der Waals surface area contributed by atoms with Crippen molar-refractivity contribution >= 4 is 10.8 Å². The molecule has 17 heavy (non-hydrogen) atoms. The standard InChI is InChI=1S/C15H18O2/c1-2-5-14(16)15(17)13-9-8-11-6-3-4-7-12(11)10-13/h3-4,6-10,14-17H,2,5H2,1H3. The quantitative estimate of drug-likeness (QED) is 0.847. The van der Waals surface area contributed by atoms with Crippen LogP contribution in [0.25, 0.3) is 10.8 Å². The molecule has 0 bridgehead atoms. The molecule has 2 unspecified atom stereocenters. The monoisotopic (exact) mass is 230 g/mol. The molecule has 0 spiro atoms. The molecule has 0 saturated heterocycles. The van der Waals surface area contributed by atoms with E-state index in [0.29, 0.717) is 6.42 Å². The summed E-state index contributed by atoms with van der Waals surface area (Å²) in [7, 11) is 0. The first-order chi connectivity index (χ1) is 8.22. The third kappa shape index (κ3) is 2.65. The lowest BCUT2D eigenvalue weighted by molar-refractivity contribution is 0.0132. The van der Waals surface area contributed by atoms with E-state index >= 15 is 0 Å². The smallest absolute Gasteiger partial charge is 0.105 e. The van der Waals surface area contributed by atoms with Crippen LogP contribution in [0.2, 0.25) is 0 Å². The highest BCUT2D eigenvalue weighted by Gasteiger charge is 2.17. The van der Waals surface area contributed by atoms with E-state index in [4.69, 9.17) is 0 Å². The molecule has 0 saturated carbocycles. The van der Waals surface area contributed by atoms with E-state index in [2.05, 4.69) is 0 Å². The fraction of sp³-hybridized carbons (Fsp3) is 0.333. The summed E-state index contributed by atoms with van der Waals surface area (Å²) in [5.41, 5.74) is 0.782. The third-order valence-electron chi connectivity index (χ3n) is 3.06. The summed E-state index contributed by atoms with van der Waals surface area (Å²) in [4.78, 5) is 0. The average Bonchev–Trinajstić information content (AvgIpc) is 2.37. The molecule has 2 aromatic carbocycles. The molecule has 2 rings (SSSR count). The Bertz CT molecular complexity index is 493. The Labute approximate surface area is 102 Å². The van der Waals surface area contributed by atoms with Crippen molar-refractivity contribution in [1.82, 2.24) is 0 Å². The minimum absolute atomic E-state index is 0.619. The van der Waals surface area contributed by atoms with Gasteiger partial charge in [-0.15, -0.1) is 0 Å². The fourth-order valence-corrected chi connectivity index (χ4v) is 2.07. The second-order valence-electron chi connectivity index (χ2n) is 4.41. The van der Waals surface area contributed by atoms with Gasteiger partial charge in [0.2, 0.25) is 0 Å². The van der Waals surface area contributed by atoms with E-state index in [0.717, 1.165) is 22.8 Å². The minimum atomic E-state index is -0.792. The molecule has 0 aromatic heterocycles. The molecule has 0 aliphatic rings. The van der Waals surface area contributed by atoms with Crippen molar-refractivity contribution in [2.45, 2.75) is 32.0 Å². The average molecular weight is 230 g/mol. The largest absolute Gasteiger partial charge is 0.390 e. The molecule has 2 aromatic rings. The van der Waals surface area contributed by atoms with Crippen LogP contribution in [0.1, 0.15) is 31.4 Å². The van der Waals surface area contributed by atoms with E-state index in [1.54, 1.807) is 0 Å². The molecule has 0 heterocycles. The van der Waals surface area contributed by atoms with Crippen LogP contribution in [0, 0.1) is 0 Å². The summed E-state index contributed by atoms with van der Waals surface area (Å²) in [6.07, 6.45) is 0.0144. The van der Waals surface area contributed by atoms with Crippen molar-refractivity contribution in [2.75, 3.05) is 0 Å². The first-order valence-corrected chi connectivity index (χ1v) is 6.07. The fourth-order valence-electron chi connectivity index (χ4n) is 2.07. The van der Waals surface area contributed by atoms with Gasteiger partial charge in [-0.1, -0.05) is 49.7 Å². The number of fused-ring (bicyclic) bond motifs is 1. The van der Waals surface area contributed by atoms with E-state index in [1.165, 1.54) is 0 Å². The normalized spacial score (nSPS) is 14.8. The van der Waals surface area contributed by atoms with E-state index in [9.17, 15) is 10.2 Å². The van der Waals surface area contributed by atoms with Gasteiger partial charge in [0.25, 0.3) is 0 Å². The predicted octanol–water partition coefficient (Wildman–Crippen LogP) is 3.03. The molecule has 2 nitrogen and oxygen atoms in total. The Morgan fingerprint density at radius 3 is 2.41 bits per heavy atom. The predicted molar refractivity (Wildman–Crippen MR) is 69.8 cm³/mol. The molecule has 0 amide bonds. The summed E-state index contributed by atoms with van der Waals surface area (Å²) in [6, 6.07) is 13.8. The van der Waals surface area contributed by atoms with Crippen LogP contribution in [0.5, 0.6) is 0 Å². The van der Waals surface area contributed by atoms with Crippen LogP contribution < -0.4 is 0 Å². The highest BCUT2D eigenvalue weighted by molar-refractivity contribution is 5.83. The molecule has 2 atom stereocenters. The van der Waals surface area contributed by atoms with Crippen LogP contribution in [0.3, 0.4) is 0 Å². The maximum absolute atomic E-state index is 10.0. The van der Waals surface area contributed by atoms with Gasteiger partial charge in [0.15, 0.2) is 0 Å². The number of hydrogen-bond donors (Lipinski definition) is 2. The molecular weight excluding hydrogens is 212 g/mol. The number of benzene rings is 2. The number of aliphatic hydroxyl groups is 2. The van der Waals surface area contributed by atoms with Crippen LogP contribution in [0.15, 0.2) is 42.5 Å². The zero-order valence-corrected chi connectivity index (χ0v) is 10.0. The van der Waals surface area contributed by atoms with Crippen LogP contribution >= 0.6 is 0 Å². The van der Waals surface area contributed by atoms with Crippen molar-refractivity contribution in [3.05, 3.63) is 48.0 Å². The lowest BCUT2D eigenvalue weighted by atomic mass is 9.98. The van der Waals surface area contributed by atoms with E-state index in [1.807, 2.05) is 49.4 Å². The summed E-state index contributed by atoms with van der Waals surface area (Å²) < 4.78 is 0. The van der Waals surface area contributed by atoms with Gasteiger partial charge in [0.05, 0.1) is 6.10 Å². The van der Waals surface area contributed by atoms with Gasteiger partial charge in [-0.3, -0.25) is 0 Å². The summed E-state index contributed by atoms with van der Waals surface area (Å²) in [5, 5.41) is 22.1. The SMILES string of the molecule is CCCC(O)C(O)c1ccc2ccccc2c1. The maximum Gasteiger partial charge on any atom is 0.105 e. The molecule has 90 valence electrons. The first kappa shape index (κ1) is 12.1. The zero-order chi connectivity index (χ0) is 12.3. The Morgan fingerprint density at radius 1 is 1.00 bits per heavy atom. The van der Waals surface area contributed by atoms with Crippen molar-refractivity contribution < 1.29 is 10.2 Å². The van der Waals surface area contributed by atoms with Crippen molar-refractivity contribution in [2.24, 2.45) is 0 Å². The van der Waals surface area contributed by atoms with Crippen molar-refractivity contribution in [3.8, 4) is 0 Å². The lowest BCUT2D eigenvalue weighted by Crippen LogP contribution is -2.17. The molecule has 2 N–H and O–H groups in total. The first-order valence-electron chi connectivity index (χ1n) is 6.07. The maximum atomic E-state index is 10.0. The van der Waals surface area contributed by atoms with Crippen molar-refractivity contribution in [3.63, 3.8) is 0 Å².